The summed E-state index contributed by atoms with van der Waals surface area (Å²) in [5.41, 5.74) is 7.06. The highest BCUT2D eigenvalue weighted by atomic mass is 16.5. The van der Waals surface area contributed by atoms with E-state index in [1.54, 1.807) is 0 Å². The number of ether oxygens (including phenoxy) is 1. The van der Waals surface area contributed by atoms with Gasteiger partial charge in [-0.15, -0.1) is 0 Å². The van der Waals surface area contributed by atoms with Crippen LogP contribution in [-0.4, -0.2) is 39.9 Å². The number of benzene rings is 4. The molecule has 0 saturated heterocycles. The molecule has 39 heavy (non-hydrogen) atoms. The van der Waals surface area contributed by atoms with Crippen LogP contribution in [0.3, 0.4) is 0 Å². The molecule has 0 unspecified atom stereocenters. The zero-order valence-electron chi connectivity index (χ0n) is 20.6. The first kappa shape index (κ1) is 21.8. The van der Waals surface area contributed by atoms with Crippen molar-refractivity contribution in [2.45, 2.75) is 12.2 Å². The second kappa shape index (κ2) is 8.64. The fraction of sp³-hybridized carbons (Fsp3) is 0.0667. The summed E-state index contributed by atoms with van der Waals surface area (Å²) in [6.07, 6.45) is -1.34. The number of hydrogen-bond acceptors (Lipinski definition) is 5. The Labute approximate surface area is 221 Å². The molecule has 0 amide bonds. The van der Waals surface area contributed by atoms with Crippen LogP contribution in [0.4, 0.5) is 0 Å². The van der Waals surface area contributed by atoms with Gasteiger partial charge in [0.05, 0.1) is 44.1 Å². The number of nitrogens with one attached hydrogen (secondary N) is 4. The third-order valence-corrected chi connectivity index (χ3v) is 6.90. The molecule has 0 aliphatic carbocycles. The van der Waals surface area contributed by atoms with E-state index in [9.17, 15) is 0 Å². The summed E-state index contributed by atoms with van der Waals surface area (Å²) in [5.74, 6) is 2.53. The summed E-state index contributed by atoms with van der Waals surface area (Å²) in [7, 11) is 0. The summed E-state index contributed by atoms with van der Waals surface area (Å²) < 4.78 is 6.94. The van der Waals surface area contributed by atoms with E-state index in [-0.39, 0.29) is 0 Å². The third kappa shape index (κ3) is 3.75. The van der Waals surface area contributed by atoms with Gasteiger partial charge in [-0.25, -0.2) is 19.9 Å². The van der Waals surface area contributed by atoms with E-state index in [4.69, 9.17) is 24.7 Å². The van der Waals surface area contributed by atoms with Gasteiger partial charge in [-0.3, -0.25) is 0 Å². The van der Waals surface area contributed by atoms with Gasteiger partial charge in [0.2, 0.25) is 0 Å². The number of imidazole rings is 4. The lowest BCUT2D eigenvalue weighted by molar-refractivity contribution is 0.0141. The fourth-order valence-corrected chi connectivity index (χ4v) is 5.04. The van der Waals surface area contributed by atoms with Crippen LogP contribution in [0.2, 0.25) is 0 Å². The van der Waals surface area contributed by atoms with Crippen LogP contribution in [0.5, 0.6) is 0 Å². The van der Waals surface area contributed by atoms with E-state index in [2.05, 4.69) is 19.9 Å². The van der Waals surface area contributed by atoms with Crippen molar-refractivity contribution < 1.29 is 4.74 Å². The van der Waals surface area contributed by atoms with Crippen LogP contribution < -0.4 is 0 Å². The number of hydrogen-bond donors (Lipinski definition) is 4. The van der Waals surface area contributed by atoms with Crippen molar-refractivity contribution in [2.75, 3.05) is 0 Å². The van der Waals surface area contributed by atoms with Crippen molar-refractivity contribution in [1.29, 1.82) is 0 Å². The maximum absolute atomic E-state index is 6.94. The van der Waals surface area contributed by atoms with Gasteiger partial charge in [0.1, 0.15) is 23.3 Å². The average molecular weight is 511 g/mol. The van der Waals surface area contributed by atoms with Crippen LogP contribution in [0, 0.1) is 0 Å². The van der Waals surface area contributed by atoms with Crippen molar-refractivity contribution in [3.8, 4) is 0 Å². The molecule has 0 spiro atoms. The number of H-pyrrole nitrogens is 4. The van der Waals surface area contributed by atoms with Gasteiger partial charge in [-0.2, -0.15) is 0 Å². The number of aromatic nitrogens is 8. The van der Waals surface area contributed by atoms with Crippen LogP contribution in [-0.2, 0) is 4.74 Å². The summed E-state index contributed by atoms with van der Waals surface area (Å²) in [6, 6.07) is 31.7. The summed E-state index contributed by atoms with van der Waals surface area (Å²) in [4.78, 5) is 33.3. The largest absolute Gasteiger partial charge is 0.343 e. The van der Waals surface area contributed by atoms with Gasteiger partial charge >= 0.3 is 0 Å². The van der Waals surface area contributed by atoms with Crippen LogP contribution in [0.1, 0.15) is 35.5 Å². The second-order valence-corrected chi connectivity index (χ2v) is 9.45. The molecule has 4 N–H and O–H groups in total. The normalized spacial score (nSPS) is 12.2. The Kier molecular flexibility index (Phi) is 4.82. The summed E-state index contributed by atoms with van der Waals surface area (Å²) in [6.45, 7) is 0. The number of aromatic amines is 4. The molecule has 0 radical (unpaired) electrons. The Bertz CT molecular complexity index is 1670. The SMILES string of the molecule is c1ccc2[nH]c(C(OC(c3nc4ccccc4[nH]3)c3nc4ccccc4[nH]3)c3nc4ccccc4[nH]3)nc2c1. The molecule has 8 rings (SSSR count). The quantitative estimate of drug-likeness (QED) is 0.216. The van der Waals surface area contributed by atoms with E-state index >= 15 is 0 Å². The zero-order chi connectivity index (χ0) is 25.8. The van der Waals surface area contributed by atoms with Crippen LogP contribution in [0.15, 0.2) is 97.1 Å². The van der Waals surface area contributed by atoms with E-state index in [1.807, 2.05) is 97.1 Å². The lowest BCUT2D eigenvalue weighted by Crippen LogP contribution is -2.17. The van der Waals surface area contributed by atoms with Crippen molar-refractivity contribution >= 4 is 44.1 Å². The third-order valence-electron chi connectivity index (χ3n) is 6.90. The van der Waals surface area contributed by atoms with Crippen molar-refractivity contribution in [3.05, 3.63) is 120 Å². The average Bonchev–Trinajstić information content (AvgIpc) is 3.76. The maximum atomic E-state index is 6.94. The summed E-state index contributed by atoms with van der Waals surface area (Å²) in [5, 5.41) is 0. The summed E-state index contributed by atoms with van der Waals surface area (Å²) >= 11 is 0. The van der Waals surface area contributed by atoms with Crippen molar-refractivity contribution in [1.82, 2.24) is 39.9 Å². The molecule has 4 aromatic heterocycles. The Hall–Kier alpha value is -5.28. The molecule has 0 atom stereocenters. The highest BCUT2D eigenvalue weighted by Crippen LogP contribution is 2.35. The van der Waals surface area contributed by atoms with Gasteiger partial charge in [0.15, 0.2) is 12.2 Å². The molecule has 0 saturated carbocycles. The second-order valence-electron chi connectivity index (χ2n) is 9.45. The minimum Gasteiger partial charge on any atom is -0.343 e. The Morgan fingerprint density at radius 1 is 0.385 bits per heavy atom. The number of nitrogens with zero attached hydrogens (tertiary/aromatic N) is 4. The van der Waals surface area contributed by atoms with Gasteiger partial charge < -0.3 is 24.7 Å². The molecule has 0 aliphatic heterocycles. The van der Waals surface area contributed by atoms with Gasteiger partial charge in [-0.1, -0.05) is 48.5 Å². The molecule has 188 valence electrons. The van der Waals surface area contributed by atoms with Crippen LogP contribution in [0.25, 0.3) is 44.1 Å². The van der Waals surface area contributed by atoms with Crippen LogP contribution >= 0.6 is 0 Å². The smallest absolute Gasteiger partial charge is 0.174 e. The highest BCUT2D eigenvalue weighted by Gasteiger charge is 2.31. The monoisotopic (exact) mass is 510 g/mol. The van der Waals surface area contributed by atoms with E-state index in [0.717, 1.165) is 44.1 Å². The van der Waals surface area contributed by atoms with E-state index in [0.29, 0.717) is 23.3 Å². The number of fused-ring (bicyclic) bond motifs is 4. The first-order chi connectivity index (χ1) is 19.3. The fourth-order valence-electron chi connectivity index (χ4n) is 5.04. The molecule has 9 nitrogen and oxygen atoms in total. The lowest BCUT2D eigenvalue weighted by Gasteiger charge is -2.20. The first-order valence-electron chi connectivity index (χ1n) is 12.7. The molecule has 4 heterocycles. The molecule has 8 aromatic rings. The number of para-hydroxylation sites is 8. The topological polar surface area (TPSA) is 124 Å². The Balaban J connectivity index is 1.31. The minimum atomic E-state index is -0.670. The lowest BCUT2D eigenvalue weighted by atomic mass is 10.2. The molecular weight excluding hydrogens is 488 g/mol. The Morgan fingerprint density at radius 2 is 0.641 bits per heavy atom. The van der Waals surface area contributed by atoms with Gasteiger partial charge in [0.25, 0.3) is 0 Å². The first-order valence-corrected chi connectivity index (χ1v) is 12.7. The minimum absolute atomic E-state index is 0.632. The Morgan fingerprint density at radius 3 is 0.897 bits per heavy atom. The molecule has 9 heteroatoms. The predicted octanol–water partition coefficient (Wildman–Crippen LogP) is 6.09. The highest BCUT2D eigenvalue weighted by molar-refractivity contribution is 5.77. The number of rotatable bonds is 6. The molecule has 0 bridgehead atoms. The van der Waals surface area contributed by atoms with Gasteiger partial charge in [-0.05, 0) is 48.5 Å². The zero-order valence-corrected chi connectivity index (χ0v) is 20.6. The maximum Gasteiger partial charge on any atom is 0.174 e. The van der Waals surface area contributed by atoms with Gasteiger partial charge in [0, 0.05) is 0 Å². The predicted molar refractivity (Wildman–Crippen MR) is 149 cm³/mol. The van der Waals surface area contributed by atoms with E-state index < -0.39 is 12.2 Å². The molecule has 4 aromatic carbocycles. The van der Waals surface area contributed by atoms with Crippen molar-refractivity contribution in [2.24, 2.45) is 0 Å². The molecule has 0 aliphatic rings. The molecular formula is C30H22N8O. The van der Waals surface area contributed by atoms with Crippen molar-refractivity contribution in [3.63, 3.8) is 0 Å². The van der Waals surface area contributed by atoms with E-state index in [1.165, 1.54) is 0 Å². The standard InChI is InChI=1S/C30H22N8O/c1-2-10-18-17(9-1)31-27(32-18)25(28-33-19-11-3-4-12-20(19)34-28)39-26(29-35-21-13-5-6-14-22(21)36-29)30-37-23-15-7-8-16-24(23)38-30/h1-16,25-26H,(H,31,32)(H,33,34)(H,35,36)(H,37,38). The molecule has 0 fully saturated rings.